The zero-order chi connectivity index (χ0) is 18.1. The van der Waals surface area contributed by atoms with Gasteiger partial charge in [-0.3, -0.25) is 4.79 Å². The van der Waals surface area contributed by atoms with Crippen molar-refractivity contribution in [2.75, 3.05) is 5.32 Å². The molecule has 0 atom stereocenters. The second kappa shape index (κ2) is 6.76. The quantitative estimate of drug-likeness (QED) is 0.827. The predicted molar refractivity (Wildman–Crippen MR) is 93.2 cm³/mol. The smallest absolute Gasteiger partial charge is 0.291 e. The van der Waals surface area contributed by atoms with Crippen LogP contribution in [-0.2, 0) is 10.0 Å². The van der Waals surface area contributed by atoms with Gasteiger partial charge < -0.3 is 9.73 Å². The number of anilines is 1. The van der Waals surface area contributed by atoms with Gasteiger partial charge in [-0.15, -0.1) is 0 Å². The fraction of sp³-hybridized carbons (Fsp3) is 0.267. The number of benzene rings is 1. The predicted octanol–water partition coefficient (Wildman–Crippen LogP) is 3.92. The van der Waals surface area contributed by atoms with Crippen molar-refractivity contribution < 1.29 is 17.6 Å². The van der Waals surface area contributed by atoms with Gasteiger partial charge in [0.25, 0.3) is 15.9 Å². The van der Waals surface area contributed by atoms with Gasteiger partial charge in [0.1, 0.15) is 0 Å². The minimum Gasteiger partial charge on any atom is -0.438 e. The molecule has 0 aliphatic carbocycles. The molecular formula is C15H16Cl2N2O4S. The molecule has 0 aliphatic rings. The first-order chi connectivity index (χ1) is 11.0. The Morgan fingerprint density at radius 3 is 2.21 bits per heavy atom. The van der Waals surface area contributed by atoms with Crippen molar-refractivity contribution in [3.8, 4) is 0 Å². The maximum atomic E-state index is 12.2. The summed E-state index contributed by atoms with van der Waals surface area (Å²) in [5.74, 6) is -0.772. The molecule has 2 N–H and O–H groups in total. The van der Waals surface area contributed by atoms with E-state index in [-0.39, 0.29) is 10.9 Å². The minimum absolute atomic E-state index is 0.152. The number of carbonyl (C=O) groups is 1. The van der Waals surface area contributed by atoms with Gasteiger partial charge in [0.15, 0.2) is 5.76 Å². The van der Waals surface area contributed by atoms with Gasteiger partial charge in [-0.05, 0) is 51.1 Å². The van der Waals surface area contributed by atoms with E-state index < -0.39 is 21.5 Å². The fourth-order valence-electron chi connectivity index (χ4n) is 1.86. The van der Waals surface area contributed by atoms with Crippen LogP contribution < -0.4 is 10.0 Å². The van der Waals surface area contributed by atoms with Gasteiger partial charge in [0, 0.05) is 21.3 Å². The molecular weight excluding hydrogens is 375 g/mol. The second-order valence-electron chi connectivity index (χ2n) is 6.09. The molecule has 0 spiro atoms. The molecule has 1 aromatic carbocycles. The van der Waals surface area contributed by atoms with E-state index in [4.69, 9.17) is 27.6 Å². The molecule has 1 heterocycles. The summed E-state index contributed by atoms with van der Waals surface area (Å²) in [5.41, 5.74) is -0.308. The Labute approximate surface area is 150 Å². The highest BCUT2D eigenvalue weighted by Crippen LogP contribution is 2.23. The number of halogens is 2. The van der Waals surface area contributed by atoms with E-state index in [2.05, 4.69) is 10.0 Å². The third kappa shape index (κ3) is 4.98. The Balaban J connectivity index is 2.19. The van der Waals surface area contributed by atoms with Crippen molar-refractivity contribution in [2.45, 2.75) is 31.4 Å². The van der Waals surface area contributed by atoms with Crippen LogP contribution in [0.5, 0.6) is 0 Å². The summed E-state index contributed by atoms with van der Waals surface area (Å²) in [6.07, 6.45) is 0. The van der Waals surface area contributed by atoms with Crippen LogP contribution in [0.3, 0.4) is 0 Å². The average Bonchev–Trinajstić information content (AvgIpc) is 2.84. The van der Waals surface area contributed by atoms with Crippen molar-refractivity contribution >= 4 is 44.8 Å². The number of sulfonamides is 1. The number of hydrogen-bond donors (Lipinski definition) is 2. The summed E-state index contributed by atoms with van der Waals surface area (Å²) < 4.78 is 31.9. The summed E-state index contributed by atoms with van der Waals surface area (Å²) >= 11 is 11.7. The largest absolute Gasteiger partial charge is 0.438 e. The molecule has 2 aromatic rings. The molecule has 0 fully saturated rings. The number of rotatable bonds is 4. The van der Waals surface area contributed by atoms with Gasteiger partial charge >= 0.3 is 0 Å². The number of furan rings is 1. The Hall–Kier alpha value is -1.54. The Morgan fingerprint density at radius 1 is 1.08 bits per heavy atom. The van der Waals surface area contributed by atoms with Gasteiger partial charge in [-0.25, -0.2) is 13.1 Å². The van der Waals surface area contributed by atoms with E-state index in [0.29, 0.717) is 15.7 Å². The highest BCUT2D eigenvalue weighted by Gasteiger charge is 2.26. The SMILES string of the molecule is CC(C)(C)NS(=O)(=O)c1ccc(C(=O)Nc2cc(Cl)cc(Cl)c2)o1. The maximum Gasteiger partial charge on any atom is 0.291 e. The van der Waals surface area contributed by atoms with Gasteiger partial charge in [0.05, 0.1) is 0 Å². The molecule has 0 bridgehead atoms. The lowest BCUT2D eigenvalue weighted by atomic mass is 10.1. The number of carbonyl (C=O) groups excluding carboxylic acids is 1. The Morgan fingerprint density at radius 2 is 1.67 bits per heavy atom. The van der Waals surface area contributed by atoms with Crippen LogP contribution in [0.15, 0.2) is 39.8 Å². The first-order valence-electron chi connectivity index (χ1n) is 6.87. The maximum absolute atomic E-state index is 12.2. The molecule has 1 aromatic heterocycles. The fourth-order valence-corrected chi connectivity index (χ4v) is 3.74. The van der Waals surface area contributed by atoms with Crippen molar-refractivity contribution in [1.29, 1.82) is 0 Å². The number of hydrogen-bond acceptors (Lipinski definition) is 4. The summed E-state index contributed by atoms with van der Waals surface area (Å²) in [5, 5.41) is 2.91. The summed E-state index contributed by atoms with van der Waals surface area (Å²) in [7, 11) is -3.86. The van der Waals surface area contributed by atoms with E-state index in [1.807, 2.05) is 0 Å². The molecule has 2 rings (SSSR count). The monoisotopic (exact) mass is 390 g/mol. The molecule has 0 radical (unpaired) electrons. The van der Waals surface area contributed by atoms with Gasteiger partial charge in [0.2, 0.25) is 5.09 Å². The molecule has 6 nitrogen and oxygen atoms in total. The Bertz CT molecular complexity index is 850. The summed E-state index contributed by atoms with van der Waals surface area (Å²) in [6, 6.07) is 7.03. The number of nitrogens with one attached hydrogen (secondary N) is 2. The van der Waals surface area contributed by atoms with Crippen LogP contribution in [-0.4, -0.2) is 19.9 Å². The van der Waals surface area contributed by atoms with Gasteiger partial charge in [-0.2, -0.15) is 0 Å². The third-order valence-corrected chi connectivity index (χ3v) is 4.70. The standard InChI is InChI=1S/C15H16Cl2N2O4S/c1-15(2,3)19-24(21,22)13-5-4-12(23-13)14(20)18-11-7-9(16)6-10(17)8-11/h4-8,19H,1-3H3,(H,18,20). The van der Waals surface area contributed by atoms with Gasteiger partial charge in [-0.1, -0.05) is 23.2 Å². The molecule has 0 unspecified atom stereocenters. The first-order valence-corrected chi connectivity index (χ1v) is 9.11. The van der Waals surface area contributed by atoms with E-state index in [9.17, 15) is 13.2 Å². The Kier molecular flexibility index (Phi) is 5.29. The molecule has 130 valence electrons. The average molecular weight is 391 g/mol. The van der Waals surface area contributed by atoms with E-state index >= 15 is 0 Å². The van der Waals surface area contributed by atoms with E-state index in [0.717, 1.165) is 0 Å². The molecule has 0 aliphatic heterocycles. The zero-order valence-electron chi connectivity index (χ0n) is 13.2. The van der Waals surface area contributed by atoms with Crippen LogP contribution in [0.1, 0.15) is 31.3 Å². The van der Waals surface area contributed by atoms with Crippen molar-refractivity contribution in [3.63, 3.8) is 0 Å². The second-order valence-corrected chi connectivity index (χ2v) is 8.57. The number of amides is 1. The van der Waals surface area contributed by atoms with E-state index in [1.165, 1.54) is 30.3 Å². The van der Waals surface area contributed by atoms with Crippen LogP contribution in [0.4, 0.5) is 5.69 Å². The highest BCUT2D eigenvalue weighted by molar-refractivity contribution is 7.89. The molecule has 1 amide bonds. The van der Waals surface area contributed by atoms with Crippen LogP contribution in [0.25, 0.3) is 0 Å². The van der Waals surface area contributed by atoms with E-state index in [1.54, 1.807) is 20.8 Å². The lowest BCUT2D eigenvalue weighted by molar-refractivity contribution is 0.0991. The third-order valence-electron chi connectivity index (χ3n) is 2.63. The van der Waals surface area contributed by atoms with Crippen molar-refractivity contribution in [3.05, 3.63) is 46.1 Å². The lowest BCUT2D eigenvalue weighted by Gasteiger charge is -2.18. The lowest BCUT2D eigenvalue weighted by Crippen LogP contribution is -2.40. The minimum atomic E-state index is -3.86. The molecule has 0 saturated heterocycles. The first kappa shape index (κ1) is 18.8. The summed E-state index contributed by atoms with van der Waals surface area (Å²) in [6.45, 7) is 5.10. The molecule has 0 saturated carbocycles. The van der Waals surface area contributed by atoms with Crippen molar-refractivity contribution in [2.24, 2.45) is 0 Å². The highest BCUT2D eigenvalue weighted by atomic mass is 35.5. The molecule has 24 heavy (non-hydrogen) atoms. The van der Waals surface area contributed by atoms with Crippen LogP contribution >= 0.6 is 23.2 Å². The van der Waals surface area contributed by atoms with Crippen LogP contribution in [0, 0.1) is 0 Å². The molecule has 9 heteroatoms. The summed E-state index contributed by atoms with van der Waals surface area (Å²) in [4.78, 5) is 12.2. The zero-order valence-corrected chi connectivity index (χ0v) is 15.5. The van der Waals surface area contributed by atoms with Crippen molar-refractivity contribution in [1.82, 2.24) is 4.72 Å². The topological polar surface area (TPSA) is 88.4 Å². The van der Waals surface area contributed by atoms with Crippen LogP contribution in [0.2, 0.25) is 10.0 Å². The normalized spacial score (nSPS) is 12.2.